The Morgan fingerprint density at radius 1 is 1.30 bits per heavy atom. The van der Waals surface area contributed by atoms with Crippen molar-refractivity contribution in [1.82, 2.24) is 24.2 Å². The van der Waals surface area contributed by atoms with Crippen molar-refractivity contribution in [1.29, 1.82) is 0 Å². The largest absolute Gasteiger partial charge is 0.379 e. The van der Waals surface area contributed by atoms with Crippen molar-refractivity contribution in [3.8, 4) is 0 Å². The summed E-state index contributed by atoms with van der Waals surface area (Å²) in [5.74, 6) is 0.622. The lowest BCUT2D eigenvalue weighted by Gasteiger charge is -2.20. The molecule has 0 aromatic carbocycles. The Labute approximate surface area is 159 Å². The summed E-state index contributed by atoms with van der Waals surface area (Å²) in [5, 5.41) is 19.2. The van der Waals surface area contributed by atoms with Crippen LogP contribution in [0.5, 0.6) is 0 Å². The molecule has 1 saturated heterocycles. The van der Waals surface area contributed by atoms with Crippen LogP contribution in [0, 0.1) is 0 Å². The maximum Gasteiger partial charge on any atom is 0.260 e. The lowest BCUT2D eigenvalue weighted by atomic mass is 10.0. The van der Waals surface area contributed by atoms with E-state index in [-0.39, 0.29) is 36.2 Å². The molecular formula is C17H27N5O4S. The van der Waals surface area contributed by atoms with Gasteiger partial charge in [-0.25, -0.2) is 8.42 Å². The Morgan fingerprint density at radius 2 is 2.00 bits per heavy atom. The number of aromatic nitrogens is 4. The van der Waals surface area contributed by atoms with Gasteiger partial charge >= 0.3 is 0 Å². The number of β-amino-alcohol motifs (C(OH)–C–C–N with tert-alkyl or cyclic N) is 1. The number of nitrogens with zero attached hydrogens (tertiary/aromatic N) is 5. The zero-order valence-corrected chi connectivity index (χ0v) is 17.2. The van der Waals surface area contributed by atoms with Gasteiger partial charge in [-0.05, 0) is 12.8 Å². The number of hydrogen-bond acceptors (Lipinski definition) is 7. The van der Waals surface area contributed by atoms with Gasteiger partial charge in [0.1, 0.15) is 4.90 Å². The molecule has 2 aromatic heterocycles. The van der Waals surface area contributed by atoms with E-state index in [1.807, 2.05) is 27.7 Å². The Balaban J connectivity index is 1.94. The molecule has 2 aromatic rings. The van der Waals surface area contributed by atoms with E-state index in [1.165, 1.54) is 4.31 Å². The number of sulfonamides is 1. The summed E-state index contributed by atoms with van der Waals surface area (Å²) in [6.07, 6.45) is 1.27. The van der Waals surface area contributed by atoms with Gasteiger partial charge < -0.3 is 9.63 Å². The van der Waals surface area contributed by atoms with Crippen LogP contribution in [0.3, 0.4) is 0 Å². The van der Waals surface area contributed by atoms with Crippen molar-refractivity contribution in [3.05, 3.63) is 23.1 Å². The molecule has 0 bridgehead atoms. The topological polar surface area (TPSA) is 114 Å². The van der Waals surface area contributed by atoms with E-state index in [1.54, 1.807) is 11.7 Å². The van der Waals surface area contributed by atoms with Crippen LogP contribution < -0.4 is 0 Å². The first-order valence-electron chi connectivity index (χ1n) is 9.25. The fourth-order valence-corrected chi connectivity index (χ4v) is 5.48. The van der Waals surface area contributed by atoms with Crippen LogP contribution >= 0.6 is 0 Å². The first kappa shape index (κ1) is 20.0. The zero-order chi connectivity index (χ0) is 20.0. The molecule has 3 heterocycles. The normalized spacial score (nSPS) is 21.4. The molecule has 1 aliphatic rings. The smallest absolute Gasteiger partial charge is 0.260 e. The predicted octanol–water partition coefficient (Wildman–Crippen LogP) is 1.33. The third-order valence-electron chi connectivity index (χ3n) is 5.02. The van der Waals surface area contributed by atoms with Crippen LogP contribution in [0.2, 0.25) is 0 Å². The van der Waals surface area contributed by atoms with Gasteiger partial charge in [0.05, 0.1) is 17.9 Å². The average molecular weight is 398 g/mol. The molecule has 1 aliphatic heterocycles. The monoisotopic (exact) mass is 397 g/mol. The molecule has 3 rings (SSSR count). The Kier molecular flexibility index (Phi) is 5.17. The van der Waals surface area contributed by atoms with Gasteiger partial charge in [0, 0.05) is 25.9 Å². The predicted molar refractivity (Wildman–Crippen MR) is 97.6 cm³/mol. The number of hydrogen-bond donors (Lipinski definition) is 1. The highest BCUT2D eigenvalue weighted by Gasteiger charge is 2.48. The quantitative estimate of drug-likeness (QED) is 0.782. The van der Waals surface area contributed by atoms with Crippen molar-refractivity contribution in [2.45, 2.75) is 63.4 Å². The van der Waals surface area contributed by atoms with Gasteiger partial charge in [-0.1, -0.05) is 32.9 Å². The fourth-order valence-electron chi connectivity index (χ4n) is 3.45. The third-order valence-corrected chi connectivity index (χ3v) is 7.00. The van der Waals surface area contributed by atoms with E-state index in [0.29, 0.717) is 30.1 Å². The van der Waals surface area contributed by atoms with E-state index in [4.69, 9.17) is 4.52 Å². The minimum Gasteiger partial charge on any atom is -0.379 e. The average Bonchev–Trinajstić information content (AvgIpc) is 3.31. The van der Waals surface area contributed by atoms with Gasteiger partial charge in [0.2, 0.25) is 10.0 Å². The highest BCUT2D eigenvalue weighted by atomic mass is 32.2. The van der Waals surface area contributed by atoms with Crippen molar-refractivity contribution >= 4 is 10.0 Å². The zero-order valence-electron chi connectivity index (χ0n) is 16.4. The molecule has 1 atom stereocenters. The van der Waals surface area contributed by atoms with E-state index < -0.39 is 15.6 Å². The van der Waals surface area contributed by atoms with Gasteiger partial charge in [0.25, 0.3) is 5.89 Å². The number of rotatable bonds is 6. The summed E-state index contributed by atoms with van der Waals surface area (Å²) in [4.78, 5) is 4.52. The van der Waals surface area contributed by atoms with Crippen molar-refractivity contribution in [2.24, 2.45) is 7.05 Å². The fraction of sp³-hybridized carbons (Fsp3) is 0.706. The molecule has 9 nitrogen and oxygen atoms in total. The van der Waals surface area contributed by atoms with Gasteiger partial charge in [-0.3, -0.25) is 4.68 Å². The highest BCUT2D eigenvalue weighted by molar-refractivity contribution is 7.89. The van der Waals surface area contributed by atoms with Crippen molar-refractivity contribution in [3.63, 3.8) is 0 Å². The molecule has 1 N–H and O–H groups in total. The van der Waals surface area contributed by atoms with E-state index in [9.17, 15) is 13.5 Å². The summed E-state index contributed by atoms with van der Waals surface area (Å²) < 4.78 is 34.8. The standard InChI is InChI=1S/C17H27N5O4S/c1-6-12-14(13(7-2)21(5)19-12)27(24,25)22-9-8-17(23,10-22)16-18-15(11(3)4)20-26-16/h11,23H,6-10H2,1-5H3/t17-/m0/s1. The lowest BCUT2D eigenvalue weighted by Crippen LogP contribution is -2.35. The maximum atomic E-state index is 13.3. The molecule has 0 unspecified atom stereocenters. The minimum atomic E-state index is -3.79. The van der Waals surface area contributed by atoms with Crippen LogP contribution in [0.1, 0.15) is 63.1 Å². The minimum absolute atomic E-state index is 0.0574. The second-order valence-corrected chi connectivity index (χ2v) is 9.16. The molecule has 27 heavy (non-hydrogen) atoms. The second-order valence-electron chi connectivity index (χ2n) is 7.29. The third kappa shape index (κ3) is 3.30. The van der Waals surface area contributed by atoms with Crippen LogP contribution in [0.15, 0.2) is 9.42 Å². The summed E-state index contributed by atoms with van der Waals surface area (Å²) in [5.41, 5.74) is -0.263. The molecule has 0 saturated carbocycles. The number of aliphatic hydroxyl groups is 1. The van der Waals surface area contributed by atoms with Crippen molar-refractivity contribution in [2.75, 3.05) is 13.1 Å². The molecular weight excluding hydrogens is 370 g/mol. The Hall–Kier alpha value is -1.78. The molecule has 1 fully saturated rings. The van der Waals surface area contributed by atoms with Crippen LogP contribution in [-0.2, 0) is 35.5 Å². The van der Waals surface area contributed by atoms with Crippen LogP contribution in [0.25, 0.3) is 0 Å². The van der Waals surface area contributed by atoms with Crippen molar-refractivity contribution < 1.29 is 18.0 Å². The van der Waals surface area contributed by atoms with Crippen LogP contribution in [0.4, 0.5) is 0 Å². The Bertz CT molecular complexity index is 933. The first-order chi connectivity index (χ1) is 12.6. The maximum absolute atomic E-state index is 13.3. The summed E-state index contributed by atoms with van der Waals surface area (Å²) in [6, 6.07) is 0. The molecule has 10 heteroatoms. The number of aryl methyl sites for hydroxylation is 2. The SMILES string of the molecule is CCc1nn(C)c(CC)c1S(=O)(=O)N1CC[C@@](O)(c2nc(C(C)C)no2)C1. The van der Waals surface area contributed by atoms with Gasteiger partial charge in [-0.15, -0.1) is 0 Å². The molecule has 150 valence electrons. The van der Waals surface area contributed by atoms with E-state index in [0.717, 1.165) is 0 Å². The summed E-state index contributed by atoms with van der Waals surface area (Å²) in [7, 11) is -2.04. The molecule has 0 amide bonds. The molecule has 0 aliphatic carbocycles. The lowest BCUT2D eigenvalue weighted by molar-refractivity contribution is 0.0194. The Morgan fingerprint density at radius 3 is 2.56 bits per heavy atom. The summed E-state index contributed by atoms with van der Waals surface area (Å²) >= 11 is 0. The van der Waals surface area contributed by atoms with Crippen LogP contribution in [-0.4, -0.2) is 50.8 Å². The molecule has 0 radical (unpaired) electrons. The van der Waals surface area contributed by atoms with Gasteiger partial charge in [-0.2, -0.15) is 14.4 Å². The van der Waals surface area contributed by atoms with Gasteiger partial charge in [0.15, 0.2) is 11.4 Å². The van der Waals surface area contributed by atoms with E-state index in [2.05, 4.69) is 15.2 Å². The van der Waals surface area contributed by atoms with E-state index >= 15 is 0 Å². The first-order valence-corrected chi connectivity index (χ1v) is 10.7. The summed E-state index contributed by atoms with van der Waals surface area (Å²) in [6.45, 7) is 7.69. The second kappa shape index (κ2) is 6.99. The highest BCUT2D eigenvalue weighted by Crippen LogP contribution is 2.36. The molecule has 0 spiro atoms.